The molecule has 2 aromatic rings. The second kappa shape index (κ2) is 10.6. The van der Waals surface area contributed by atoms with Crippen molar-refractivity contribution in [2.24, 2.45) is 5.73 Å². The number of piperazine rings is 1. The van der Waals surface area contributed by atoms with Crippen LogP contribution in [-0.2, 0) is 22.6 Å². The van der Waals surface area contributed by atoms with Gasteiger partial charge in [-0.05, 0) is 36.6 Å². The molecule has 1 fully saturated rings. The molecule has 30 heavy (non-hydrogen) atoms. The largest absolute Gasteiger partial charge is 0.489 e. The lowest BCUT2D eigenvalue weighted by Gasteiger charge is -2.35. The molecule has 160 valence electrons. The Morgan fingerprint density at radius 1 is 0.967 bits per heavy atom. The molecular formula is C23H29N3O4. The summed E-state index contributed by atoms with van der Waals surface area (Å²) in [5.41, 5.74) is 8.24. The normalized spacial score (nSPS) is 14.9. The molecule has 0 spiro atoms. The highest BCUT2D eigenvalue weighted by atomic mass is 16.6. The molecule has 0 saturated carbocycles. The molecule has 2 aromatic carbocycles. The first-order chi connectivity index (χ1) is 14.6. The number of carbonyl (C=O) groups is 2. The van der Waals surface area contributed by atoms with E-state index in [0.717, 1.165) is 16.9 Å². The average molecular weight is 412 g/mol. The molecule has 0 radical (unpaired) electrons. The Bertz CT molecular complexity index is 835. The molecule has 0 aliphatic carbocycles. The molecule has 7 heteroatoms. The van der Waals surface area contributed by atoms with Crippen molar-refractivity contribution in [1.29, 1.82) is 0 Å². The summed E-state index contributed by atoms with van der Waals surface area (Å²) in [5, 5.41) is 0. The van der Waals surface area contributed by atoms with Crippen LogP contribution in [0.4, 0.5) is 4.79 Å². The molecule has 1 saturated heterocycles. The molecule has 1 aliphatic rings. The van der Waals surface area contributed by atoms with Crippen LogP contribution in [0.3, 0.4) is 0 Å². The van der Waals surface area contributed by atoms with E-state index in [9.17, 15) is 9.59 Å². The Morgan fingerprint density at radius 2 is 1.63 bits per heavy atom. The maximum absolute atomic E-state index is 12.7. The third kappa shape index (κ3) is 5.97. The third-order valence-corrected chi connectivity index (χ3v) is 5.04. The number of nitrogens with two attached hydrogens (primary N) is 1. The van der Waals surface area contributed by atoms with E-state index in [1.54, 1.807) is 16.7 Å². The zero-order valence-electron chi connectivity index (χ0n) is 17.3. The van der Waals surface area contributed by atoms with Gasteiger partial charge in [0.2, 0.25) is 5.91 Å². The summed E-state index contributed by atoms with van der Waals surface area (Å²) in [6, 6.07) is 17.0. The fourth-order valence-corrected chi connectivity index (χ4v) is 3.40. The van der Waals surface area contributed by atoms with Crippen LogP contribution in [0, 0.1) is 0 Å². The lowest BCUT2D eigenvalue weighted by molar-refractivity contribution is -0.134. The van der Waals surface area contributed by atoms with Gasteiger partial charge in [0.25, 0.3) is 0 Å². The average Bonchev–Trinajstić information content (AvgIpc) is 2.78. The Kier molecular flexibility index (Phi) is 7.68. The molecule has 2 amide bonds. The number of hydrogen-bond acceptors (Lipinski definition) is 5. The van der Waals surface area contributed by atoms with Gasteiger partial charge in [0, 0.05) is 26.2 Å². The molecule has 0 aromatic heterocycles. The maximum atomic E-state index is 12.7. The van der Waals surface area contributed by atoms with Gasteiger partial charge in [-0.25, -0.2) is 4.79 Å². The molecule has 1 aliphatic heterocycles. The minimum atomic E-state index is -0.636. The number of benzene rings is 2. The van der Waals surface area contributed by atoms with Crippen molar-refractivity contribution in [3.8, 4) is 5.75 Å². The van der Waals surface area contributed by atoms with Crippen LogP contribution in [0.1, 0.15) is 18.1 Å². The van der Waals surface area contributed by atoms with E-state index in [-0.39, 0.29) is 12.0 Å². The fraction of sp³-hybridized carbons (Fsp3) is 0.391. The predicted molar refractivity (Wildman–Crippen MR) is 114 cm³/mol. The summed E-state index contributed by atoms with van der Waals surface area (Å²) in [5.74, 6) is 0.646. The van der Waals surface area contributed by atoms with Gasteiger partial charge in [-0.2, -0.15) is 0 Å². The minimum absolute atomic E-state index is 0.103. The van der Waals surface area contributed by atoms with Crippen molar-refractivity contribution < 1.29 is 19.1 Å². The number of amides is 2. The summed E-state index contributed by atoms with van der Waals surface area (Å²) in [6.07, 6.45) is 0.0978. The number of rotatable bonds is 7. The summed E-state index contributed by atoms with van der Waals surface area (Å²) in [4.78, 5) is 27.9. The molecule has 7 nitrogen and oxygen atoms in total. The van der Waals surface area contributed by atoms with E-state index in [2.05, 4.69) is 0 Å². The first-order valence-corrected chi connectivity index (χ1v) is 10.3. The molecule has 1 atom stereocenters. The van der Waals surface area contributed by atoms with Crippen molar-refractivity contribution in [2.45, 2.75) is 26.0 Å². The van der Waals surface area contributed by atoms with Crippen LogP contribution in [0.25, 0.3) is 0 Å². The SMILES string of the molecule is CCOC(=O)N1CCN(C(=O)C(N)Cc2cccc(OCc3ccccc3)c2)CC1. The second-order valence-electron chi connectivity index (χ2n) is 7.24. The second-order valence-corrected chi connectivity index (χ2v) is 7.24. The fourth-order valence-electron chi connectivity index (χ4n) is 3.40. The van der Waals surface area contributed by atoms with Crippen LogP contribution in [0.5, 0.6) is 5.75 Å². The molecule has 0 bridgehead atoms. The molecule has 3 rings (SSSR count). The van der Waals surface area contributed by atoms with Gasteiger partial charge in [0.05, 0.1) is 12.6 Å². The van der Waals surface area contributed by atoms with E-state index in [1.165, 1.54) is 0 Å². The maximum Gasteiger partial charge on any atom is 0.409 e. The van der Waals surface area contributed by atoms with Crippen molar-refractivity contribution in [1.82, 2.24) is 9.80 Å². The smallest absolute Gasteiger partial charge is 0.409 e. The third-order valence-electron chi connectivity index (χ3n) is 5.04. The Balaban J connectivity index is 1.50. The first-order valence-electron chi connectivity index (χ1n) is 10.3. The quantitative estimate of drug-likeness (QED) is 0.756. The number of hydrogen-bond donors (Lipinski definition) is 1. The van der Waals surface area contributed by atoms with Crippen LogP contribution < -0.4 is 10.5 Å². The lowest BCUT2D eigenvalue weighted by atomic mass is 10.0. The minimum Gasteiger partial charge on any atom is -0.489 e. The Morgan fingerprint density at radius 3 is 2.33 bits per heavy atom. The van der Waals surface area contributed by atoms with E-state index in [1.807, 2.05) is 54.6 Å². The highest BCUT2D eigenvalue weighted by Gasteiger charge is 2.27. The van der Waals surface area contributed by atoms with Crippen LogP contribution in [-0.4, -0.2) is 60.6 Å². The highest BCUT2D eigenvalue weighted by Crippen LogP contribution is 2.17. The molecular weight excluding hydrogens is 382 g/mol. The number of nitrogens with zero attached hydrogens (tertiary/aromatic N) is 2. The van der Waals surface area contributed by atoms with E-state index < -0.39 is 6.04 Å². The van der Waals surface area contributed by atoms with Crippen LogP contribution in [0.2, 0.25) is 0 Å². The summed E-state index contributed by atoms with van der Waals surface area (Å²) in [7, 11) is 0. The summed E-state index contributed by atoms with van der Waals surface area (Å²) < 4.78 is 10.9. The van der Waals surface area contributed by atoms with Gasteiger partial charge in [-0.1, -0.05) is 42.5 Å². The first kappa shape index (κ1) is 21.6. The Hall–Kier alpha value is -3.06. The summed E-state index contributed by atoms with van der Waals surface area (Å²) in [6.45, 7) is 4.45. The molecule has 1 unspecified atom stereocenters. The Labute approximate surface area is 177 Å². The van der Waals surface area contributed by atoms with Gasteiger partial charge >= 0.3 is 6.09 Å². The van der Waals surface area contributed by atoms with Gasteiger partial charge < -0.3 is 25.0 Å². The van der Waals surface area contributed by atoms with Gasteiger partial charge in [-0.3, -0.25) is 4.79 Å². The standard InChI is InChI=1S/C23H29N3O4/c1-2-29-23(28)26-13-11-25(12-14-26)22(27)21(24)16-19-9-6-10-20(15-19)30-17-18-7-4-3-5-8-18/h3-10,15,21H,2,11-14,16-17,24H2,1H3. The lowest BCUT2D eigenvalue weighted by Crippen LogP contribution is -2.54. The zero-order valence-corrected chi connectivity index (χ0v) is 17.3. The van der Waals surface area contributed by atoms with Crippen molar-refractivity contribution in [3.63, 3.8) is 0 Å². The predicted octanol–water partition coefficient (Wildman–Crippen LogP) is 2.44. The van der Waals surface area contributed by atoms with Gasteiger partial charge in [-0.15, -0.1) is 0 Å². The molecule has 2 N–H and O–H groups in total. The number of ether oxygens (including phenoxy) is 2. The molecule has 1 heterocycles. The number of carbonyl (C=O) groups excluding carboxylic acids is 2. The monoisotopic (exact) mass is 411 g/mol. The van der Waals surface area contributed by atoms with Gasteiger partial charge in [0.1, 0.15) is 12.4 Å². The summed E-state index contributed by atoms with van der Waals surface area (Å²) >= 11 is 0. The van der Waals surface area contributed by atoms with E-state index >= 15 is 0 Å². The van der Waals surface area contributed by atoms with E-state index in [0.29, 0.717) is 45.8 Å². The zero-order chi connectivity index (χ0) is 21.3. The van der Waals surface area contributed by atoms with E-state index in [4.69, 9.17) is 15.2 Å². The van der Waals surface area contributed by atoms with Crippen LogP contribution in [0.15, 0.2) is 54.6 Å². The van der Waals surface area contributed by atoms with Crippen LogP contribution >= 0.6 is 0 Å². The topological polar surface area (TPSA) is 85.1 Å². The van der Waals surface area contributed by atoms with Crippen molar-refractivity contribution >= 4 is 12.0 Å². The van der Waals surface area contributed by atoms with Crippen molar-refractivity contribution in [2.75, 3.05) is 32.8 Å². The van der Waals surface area contributed by atoms with Crippen molar-refractivity contribution in [3.05, 3.63) is 65.7 Å². The van der Waals surface area contributed by atoms with Gasteiger partial charge in [0.15, 0.2) is 0 Å². The highest BCUT2D eigenvalue weighted by molar-refractivity contribution is 5.82.